The van der Waals surface area contributed by atoms with E-state index in [1.54, 1.807) is 0 Å². The van der Waals surface area contributed by atoms with Gasteiger partial charge in [-0.05, 0) is 0 Å². The number of halogens is 4. The summed E-state index contributed by atoms with van der Waals surface area (Å²) in [5, 5.41) is -0.562. The summed E-state index contributed by atoms with van der Waals surface area (Å²) in [6, 6.07) is 1.95. The summed E-state index contributed by atoms with van der Waals surface area (Å²) in [5.74, 6) is -1.69. The Balaban J connectivity index is 3.13. The number of amidine groups is 1. The van der Waals surface area contributed by atoms with Crippen molar-refractivity contribution in [3.8, 4) is 0 Å². The molecule has 0 spiro atoms. The summed E-state index contributed by atoms with van der Waals surface area (Å²) in [4.78, 5) is 3.66. The fraction of sp³-hybridized carbons (Fsp3) is 0.125. The molecule has 0 radical (unpaired) electrons. The minimum absolute atomic E-state index is 0.00807. The Morgan fingerprint density at radius 3 is 2.29 bits per heavy atom. The predicted molar refractivity (Wildman–Crippen MR) is 53.4 cm³/mol. The van der Waals surface area contributed by atoms with Gasteiger partial charge < -0.3 is 5.73 Å². The molecule has 0 atom stereocenters. The van der Waals surface area contributed by atoms with Crippen LogP contribution in [0.1, 0.15) is 0 Å². The van der Waals surface area contributed by atoms with Gasteiger partial charge in [0.15, 0.2) is 0 Å². The van der Waals surface area contributed by atoms with E-state index in [0.717, 1.165) is 12.1 Å². The van der Waals surface area contributed by atoms with Crippen molar-refractivity contribution < 1.29 is 8.78 Å². The molecule has 0 aliphatic heterocycles. The van der Waals surface area contributed by atoms with Crippen LogP contribution in [-0.2, 0) is 0 Å². The second-order valence-corrected chi connectivity index (χ2v) is 3.11. The maximum atomic E-state index is 12.9. The van der Waals surface area contributed by atoms with Crippen molar-refractivity contribution in [1.82, 2.24) is 0 Å². The molecule has 76 valence electrons. The number of alkyl halides is 1. The van der Waals surface area contributed by atoms with Gasteiger partial charge in [0.05, 0.1) is 11.6 Å². The minimum atomic E-state index is -0.882. The normalized spacial score (nSPS) is 11.9. The summed E-state index contributed by atoms with van der Waals surface area (Å²) < 4.78 is 25.8. The summed E-state index contributed by atoms with van der Waals surface area (Å²) in [7, 11) is 0. The summed E-state index contributed by atoms with van der Waals surface area (Å²) in [6.45, 7) is 0. The molecule has 0 saturated heterocycles. The molecular formula is C8H6Cl2F2N2. The Labute approximate surface area is 89.3 Å². The molecule has 0 amide bonds. The van der Waals surface area contributed by atoms with Gasteiger partial charge in [-0.25, -0.2) is 13.8 Å². The highest BCUT2D eigenvalue weighted by molar-refractivity contribution is 6.31. The third-order valence-corrected chi connectivity index (χ3v) is 2.01. The van der Waals surface area contributed by atoms with E-state index in [1.807, 2.05) is 0 Å². The highest BCUT2D eigenvalue weighted by atomic mass is 35.5. The molecule has 0 aliphatic carbocycles. The zero-order chi connectivity index (χ0) is 10.7. The van der Waals surface area contributed by atoms with E-state index in [0.29, 0.717) is 0 Å². The van der Waals surface area contributed by atoms with Crippen molar-refractivity contribution in [2.45, 2.75) is 0 Å². The van der Waals surface area contributed by atoms with Crippen LogP contribution >= 0.6 is 23.2 Å². The SMILES string of the molecule is NC(CCl)=Nc1cc(F)c(Cl)c(F)c1. The van der Waals surface area contributed by atoms with Gasteiger partial charge in [-0.1, -0.05) is 11.6 Å². The van der Waals surface area contributed by atoms with E-state index in [4.69, 9.17) is 28.9 Å². The van der Waals surface area contributed by atoms with Crippen molar-refractivity contribution in [2.75, 3.05) is 5.88 Å². The average molecular weight is 239 g/mol. The molecule has 6 heteroatoms. The number of hydrogen-bond acceptors (Lipinski definition) is 1. The lowest BCUT2D eigenvalue weighted by Gasteiger charge is -1.99. The molecule has 0 heterocycles. The molecule has 2 N–H and O–H groups in total. The van der Waals surface area contributed by atoms with Gasteiger partial charge >= 0.3 is 0 Å². The first-order chi connectivity index (χ1) is 6.54. The number of nitrogens with two attached hydrogens (primary N) is 1. The Morgan fingerprint density at radius 2 is 1.86 bits per heavy atom. The van der Waals surface area contributed by atoms with E-state index < -0.39 is 16.7 Å². The zero-order valence-electron chi connectivity index (χ0n) is 6.90. The first-order valence-corrected chi connectivity index (χ1v) is 4.49. The first-order valence-electron chi connectivity index (χ1n) is 3.58. The minimum Gasteiger partial charge on any atom is -0.386 e. The third-order valence-electron chi connectivity index (χ3n) is 1.38. The maximum absolute atomic E-state index is 12.9. The largest absolute Gasteiger partial charge is 0.386 e. The van der Waals surface area contributed by atoms with Gasteiger partial charge in [0.1, 0.15) is 22.5 Å². The molecule has 14 heavy (non-hydrogen) atoms. The van der Waals surface area contributed by atoms with Crippen LogP contribution in [0, 0.1) is 11.6 Å². The van der Waals surface area contributed by atoms with Crippen LogP contribution < -0.4 is 5.73 Å². The number of rotatable bonds is 2. The lowest BCUT2D eigenvalue weighted by molar-refractivity contribution is 0.585. The summed E-state index contributed by atoms with van der Waals surface area (Å²) in [6.07, 6.45) is 0. The molecule has 0 saturated carbocycles. The van der Waals surface area contributed by atoms with Crippen LogP contribution in [0.2, 0.25) is 5.02 Å². The van der Waals surface area contributed by atoms with E-state index in [9.17, 15) is 8.78 Å². The predicted octanol–water partition coefficient (Wildman–Crippen LogP) is 2.85. The van der Waals surface area contributed by atoms with Gasteiger partial charge in [0.2, 0.25) is 0 Å². The Kier molecular flexibility index (Phi) is 3.66. The first kappa shape index (κ1) is 11.2. The number of benzene rings is 1. The van der Waals surface area contributed by atoms with Gasteiger partial charge in [-0.3, -0.25) is 0 Å². The van der Waals surface area contributed by atoms with Crippen molar-refractivity contribution in [2.24, 2.45) is 10.7 Å². The number of nitrogens with zero attached hydrogens (tertiary/aromatic N) is 1. The van der Waals surface area contributed by atoms with E-state index in [2.05, 4.69) is 4.99 Å². The van der Waals surface area contributed by atoms with E-state index in [-0.39, 0.29) is 17.4 Å². The Bertz CT molecular complexity index is 357. The van der Waals surface area contributed by atoms with Gasteiger partial charge in [0, 0.05) is 12.1 Å². The zero-order valence-corrected chi connectivity index (χ0v) is 8.41. The van der Waals surface area contributed by atoms with Crippen LogP contribution in [0.5, 0.6) is 0 Å². The monoisotopic (exact) mass is 238 g/mol. The fourth-order valence-corrected chi connectivity index (χ4v) is 0.971. The van der Waals surface area contributed by atoms with E-state index in [1.165, 1.54) is 0 Å². The molecule has 2 nitrogen and oxygen atoms in total. The van der Waals surface area contributed by atoms with Crippen molar-refractivity contribution >= 4 is 34.7 Å². The van der Waals surface area contributed by atoms with Crippen molar-refractivity contribution in [3.63, 3.8) is 0 Å². The molecular weight excluding hydrogens is 233 g/mol. The molecule has 0 aliphatic rings. The summed E-state index contributed by atoms with van der Waals surface area (Å²) in [5.41, 5.74) is 5.33. The van der Waals surface area contributed by atoms with Gasteiger partial charge in [-0.15, -0.1) is 11.6 Å². The second kappa shape index (κ2) is 4.57. The van der Waals surface area contributed by atoms with Crippen LogP contribution in [-0.4, -0.2) is 11.7 Å². The van der Waals surface area contributed by atoms with Crippen molar-refractivity contribution in [1.29, 1.82) is 0 Å². The third kappa shape index (κ3) is 2.56. The van der Waals surface area contributed by atoms with Crippen molar-refractivity contribution in [3.05, 3.63) is 28.8 Å². The molecule has 0 unspecified atom stereocenters. The molecule has 1 aromatic carbocycles. The standard InChI is InChI=1S/C8H6Cl2F2N2/c9-3-7(13)14-4-1-5(11)8(10)6(12)2-4/h1-2H,3H2,(H2,13,14). The van der Waals surface area contributed by atoms with Crippen LogP contribution in [0.4, 0.5) is 14.5 Å². The smallest absolute Gasteiger partial charge is 0.146 e. The van der Waals surface area contributed by atoms with Crippen LogP contribution in [0.15, 0.2) is 17.1 Å². The Hall–Kier alpha value is -0.870. The summed E-state index contributed by atoms with van der Waals surface area (Å²) >= 11 is 10.6. The fourth-order valence-electron chi connectivity index (χ4n) is 0.802. The number of hydrogen-bond donors (Lipinski definition) is 1. The molecule has 1 rings (SSSR count). The molecule has 0 bridgehead atoms. The van der Waals surface area contributed by atoms with Gasteiger partial charge in [-0.2, -0.15) is 0 Å². The average Bonchev–Trinajstić information content (AvgIpc) is 2.14. The highest BCUT2D eigenvalue weighted by Crippen LogP contribution is 2.24. The Morgan fingerprint density at radius 1 is 1.36 bits per heavy atom. The topological polar surface area (TPSA) is 38.4 Å². The lowest BCUT2D eigenvalue weighted by atomic mass is 10.3. The molecule has 0 aromatic heterocycles. The maximum Gasteiger partial charge on any atom is 0.146 e. The molecule has 1 aromatic rings. The van der Waals surface area contributed by atoms with Crippen LogP contribution in [0.25, 0.3) is 0 Å². The molecule has 0 fully saturated rings. The van der Waals surface area contributed by atoms with E-state index >= 15 is 0 Å². The second-order valence-electron chi connectivity index (χ2n) is 2.46. The lowest BCUT2D eigenvalue weighted by Crippen LogP contribution is -2.12. The number of aliphatic imine (C=N–C) groups is 1. The van der Waals surface area contributed by atoms with Gasteiger partial charge in [0.25, 0.3) is 0 Å². The highest BCUT2D eigenvalue weighted by Gasteiger charge is 2.08. The van der Waals surface area contributed by atoms with Crippen LogP contribution in [0.3, 0.4) is 0 Å². The quantitative estimate of drug-likeness (QED) is 0.366.